The van der Waals surface area contributed by atoms with Crippen molar-refractivity contribution in [3.8, 4) is 5.75 Å². The second kappa shape index (κ2) is 6.08. The van der Waals surface area contributed by atoms with Gasteiger partial charge >= 0.3 is 6.03 Å². The van der Waals surface area contributed by atoms with Crippen LogP contribution in [0.25, 0.3) is 0 Å². The Morgan fingerprint density at radius 2 is 1.85 bits per heavy atom. The van der Waals surface area contributed by atoms with Gasteiger partial charge in [-0.15, -0.1) is 0 Å². The average Bonchev–Trinajstić information content (AvgIpc) is 2.42. The quantitative estimate of drug-likeness (QED) is 0.782. The summed E-state index contributed by atoms with van der Waals surface area (Å²) in [5, 5.41) is 10.6. The first-order chi connectivity index (χ1) is 9.40. The number of carbonyl (C=O) groups is 1. The Morgan fingerprint density at radius 3 is 2.40 bits per heavy atom. The van der Waals surface area contributed by atoms with E-state index in [1.54, 1.807) is 11.0 Å². The molecular formula is C13H17Cl2N3O2. The van der Waals surface area contributed by atoms with E-state index in [-0.39, 0.29) is 17.7 Å². The molecule has 1 aliphatic rings. The average molecular weight is 318 g/mol. The third-order valence-electron chi connectivity index (χ3n) is 3.79. The lowest BCUT2D eigenvalue weighted by Crippen LogP contribution is -2.43. The van der Waals surface area contributed by atoms with Crippen molar-refractivity contribution in [3.05, 3.63) is 27.7 Å². The Hall–Kier alpha value is -1.17. The molecule has 1 aliphatic heterocycles. The largest absolute Gasteiger partial charge is 0.508 e. The van der Waals surface area contributed by atoms with Crippen molar-refractivity contribution in [3.63, 3.8) is 0 Å². The molecule has 5 N–H and O–H groups in total. The van der Waals surface area contributed by atoms with Gasteiger partial charge in [0.25, 0.3) is 0 Å². The fraction of sp³-hybridized carbons (Fsp3) is 0.462. The highest BCUT2D eigenvalue weighted by Crippen LogP contribution is 2.37. The van der Waals surface area contributed by atoms with E-state index in [0.717, 1.165) is 12.8 Å². The summed E-state index contributed by atoms with van der Waals surface area (Å²) in [5.41, 5.74) is 12.0. The fourth-order valence-corrected chi connectivity index (χ4v) is 2.88. The molecule has 1 saturated heterocycles. The zero-order valence-corrected chi connectivity index (χ0v) is 12.4. The van der Waals surface area contributed by atoms with Crippen LogP contribution in [0.4, 0.5) is 4.79 Å². The van der Waals surface area contributed by atoms with Gasteiger partial charge < -0.3 is 21.5 Å². The number of nitrogens with zero attached hydrogens (tertiary/aromatic N) is 1. The Bertz CT molecular complexity index is 517. The summed E-state index contributed by atoms with van der Waals surface area (Å²) in [6.07, 6.45) is 1.48. The standard InChI is InChI=1S/C13H17Cl2N3O2/c14-9-5-8(11(19)6-10(9)15)12(16)7-1-3-18(4-2-7)13(17)20/h5-7,12,19H,1-4,16H2,(H2,17,20)/t12-/m0/s1. The Labute approximate surface area is 127 Å². The van der Waals surface area contributed by atoms with Gasteiger partial charge in [0.05, 0.1) is 10.0 Å². The maximum atomic E-state index is 11.1. The van der Waals surface area contributed by atoms with Crippen LogP contribution in [0.5, 0.6) is 5.75 Å². The van der Waals surface area contributed by atoms with E-state index in [9.17, 15) is 9.90 Å². The third kappa shape index (κ3) is 3.11. The molecule has 0 bridgehead atoms. The minimum atomic E-state index is -0.408. The van der Waals surface area contributed by atoms with Crippen LogP contribution in [-0.2, 0) is 0 Å². The van der Waals surface area contributed by atoms with Gasteiger partial charge in [-0.3, -0.25) is 0 Å². The molecule has 0 saturated carbocycles. The number of rotatable bonds is 2. The summed E-state index contributed by atoms with van der Waals surface area (Å²) >= 11 is 11.8. The molecule has 1 atom stereocenters. The van der Waals surface area contributed by atoms with Crippen molar-refractivity contribution >= 4 is 29.2 Å². The van der Waals surface area contributed by atoms with Crippen molar-refractivity contribution in [1.29, 1.82) is 0 Å². The Balaban J connectivity index is 2.11. The number of nitrogens with two attached hydrogens (primary N) is 2. The van der Waals surface area contributed by atoms with Gasteiger partial charge in [0.2, 0.25) is 0 Å². The van der Waals surface area contributed by atoms with Crippen molar-refractivity contribution in [2.45, 2.75) is 18.9 Å². The molecule has 1 aromatic rings. The van der Waals surface area contributed by atoms with Crippen LogP contribution < -0.4 is 11.5 Å². The fourth-order valence-electron chi connectivity index (χ4n) is 2.55. The summed E-state index contributed by atoms with van der Waals surface area (Å²) in [6, 6.07) is 2.25. The number of primary amides is 1. The summed E-state index contributed by atoms with van der Waals surface area (Å²) in [4.78, 5) is 12.7. The molecule has 5 nitrogen and oxygen atoms in total. The van der Waals surface area contributed by atoms with Gasteiger partial charge in [0.15, 0.2) is 0 Å². The molecule has 7 heteroatoms. The molecule has 2 amide bonds. The normalized spacial score (nSPS) is 18.1. The summed E-state index contributed by atoms with van der Waals surface area (Å²) in [6.45, 7) is 1.16. The van der Waals surface area contributed by atoms with Crippen LogP contribution in [0.3, 0.4) is 0 Å². The van der Waals surface area contributed by atoms with E-state index < -0.39 is 6.03 Å². The van der Waals surface area contributed by atoms with E-state index in [4.69, 9.17) is 34.7 Å². The number of phenols is 1. The first-order valence-corrected chi connectivity index (χ1v) is 7.13. The third-order valence-corrected chi connectivity index (χ3v) is 4.51. The van der Waals surface area contributed by atoms with Crippen LogP contribution in [0, 0.1) is 5.92 Å². The molecule has 0 aliphatic carbocycles. The molecule has 2 rings (SSSR count). The highest BCUT2D eigenvalue weighted by Gasteiger charge is 2.28. The number of piperidine rings is 1. The number of phenolic OH excluding ortho intramolecular Hbond substituents is 1. The van der Waals surface area contributed by atoms with Gasteiger partial charge in [-0.1, -0.05) is 23.2 Å². The number of likely N-dealkylation sites (tertiary alicyclic amines) is 1. The van der Waals surface area contributed by atoms with Gasteiger partial charge in [-0.05, 0) is 24.8 Å². The summed E-state index contributed by atoms with van der Waals surface area (Å²) in [7, 11) is 0. The molecule has 0 radical (unpaired) electrons. The van der Waals surface area contributed by atoms with Crippen LogP contribution in [0.2, 0.25) is 10.0 Å². The molecule has 110 valence electrons. The number of benzene rings is 1. The lowest BCUT2D eigenvalue weighted by Gasteiger charge is -2.34. The Morgan fingerprint density at radius 1 is 1.30 bits per heavy atom. The molecule has 1 aromatic carbocycles. The number of aromatic hydroxyl groups is 1. The van der Waals surface area contributed by atoms with Gasteiger partial charge in [0, 0.05) is 30.8 Å². The second-order valence-corrected chi connectivity index (χ2v) is 5.83. The molecule has 0 spiro atoms. The molecule has 20 heavy (non-hydrogen) atoms. The number of hydrogen-bond donors (Lipinski definition) is 3. The minimum Gasteiger partial charge on any atom is -0.508 e. The molecule has 0 unspecified atom stereocenters. The second-order valence-electron chi connectivity index (χ2n) is 5.01. The SMILES string of the molecule is NC(=O)N1CCC([C@H](N)c2cc(Cl)c(Cl)cc2O)CC1. The van der Waals surface area contributed by atoms with Crippen molar-refractivity contribution in [2.24, 2.45) is 17.4 Å². The van der Waals surface area contributed by atoms with E-state index in [1.807, 2.05) is 0 Å². The predicted octanol–water partition coefficient (Wildman–Crippen LogP) is 2.49. The first-order valence-electron chi connectivity index (χ1n) is 6.38. The van der Waals surface area contributed by atoms with Crippen molar-refractivity contribution in [1.82, 2.24) is 4.90 Å². The van der Waals surface area contributed by atoms with Crippen LogP contribution in [-0.4, -0.2) is 29.1 Å². The van der Waals surface area contributed by atoms with Crippen LogP contribution >= 0.6 is 23.2 Å². The van der Waals surface area contributed by atoms with Crippen LogP contribution in [0.1, 0.15) is 24.4 Å². The number of urea groups is 1. The first kappa shape index (κ1) is 15.2. The summed E-state index contributed by atoms with van der Waals surface area (Å²) in [5.74, 6) is 0.206. The zero-order valence-electron chi connectivity index (χ0n) is 10.9. The van der Waals surface area contributed by atoms with Crippen LogP contribution in [0.15, 0.2) is 12.1 Å². The van der Waals surface area contributed by atoms with E-state index in [0.29, 0.717) is 28.7 Å². The smallest absolute Gasteiger partial charge is 0.314 e. The molecule has 0 aromatic heterocycles. The number of carbonyl (C=O) groups excluding carboxylic acids is 1. The van der Waals surface area contributed by atoms with E-state index >= 15 is 0 Å². The highest BCUT2D eigenvalue weighted by molar-refractivity contribution is 6.42. The van der Waals surface area contributed by atoms with Gasteiger partial charge in [-0.25, -0.2) is 4.79 Å². The predicted molar refractivity (Wildman–Crippen MR) is 78.9 cm³/mol. The van der Waals surface area contributed by atoms with Crippen molar-refractivity contribution in [2.75, 3.05) is 13.1 Å². The topological polar surface area (TPSA) is 92.6 Å². The lowest BCUT2D eigenvalue weighted by molar-refractivity contribution is 0.170. The van der Waals surface area contributed by atoms with E-state index in [2.05, 4.69) is 0 Å². The molecular weight excluding hydrogens is 301 g/mol. The molecule has 1 fully saturated rings. The summed E-state index contributed by atoms with van der Waals surface area (Å²) < 4.78 is 0. The number of amides is 2. The maximum absolute atomic E-state index is 11.1. The number of halogens is 2. The molecule has 1 heterocycles. The Kier molecular flexibility index (Phi) is 4.62. The zero-order chi connectivity index (χ0) is 14.9. The minimum absolute atomic E-state index is 0.0456. The maximum Gasteiger partial charge on any atom is 0.314 e. The number of hydrogen-bond acceptors (Lipinski definition) is 3. The highest BCUT2D eigenvalue weighted by atomic mass is 35.5. The lowest BCUT2D eigenvalue weighted by atomic mass is 9.85. The van der Waals surface area contributed by atoms with Gasteiger partial charge in [0.1, 0.15) is 5.75 Å². The van der Waals surface area contributed by atoms with E-state index in [1.165, 1.54) is 6.07 Å². The van der Waals surface area contributed by atoms with Crippen molar-refractivity contribution < 1.29 is 9.90 Å². The van der Waals surface area contributed by atoms with Gasteiger partial charge in [-0.2, -0.15) is 0 Å². The monoisotopic (exact) mass is 317 g/mol.